The molecule has 0 aliphatic rings. The van der Waals surface area contributed by atoms with E-state index in [1.54, 1.807) is 32.4 Å². The topological polar surface area (TPSA) is 64.1 Å². The van der Waals surface area contributed by atoms with Gasteiger partial charge in [0.05, 0.1) is 6.61 Å². The van der Waals surface area contributed by atoms with Crippen molar-refractivity contribution in [2.75, 3.05) is 27.4 Å². The van der Waals surface area contributed by atoms with Crippen LogP contribution in [-0.4, -0.2) is 39.9 Å². The van der Waals surface area contributed by atoms with Crippen molar-refractivity contribution in [1.82, 2.24) is 10.6 Å². The minimum atomic E-state index is -2.86. The van der Waals surface area contributed by atoms with E-state index in [1.807, 2.05) is 24.3 Å². The van der Waals surface area contributed by atoms with Gasteiger partial charge in [0.15, 0.2) is 5.96 Å². The highest BCUT2D eigenvalue weighted by Gasteiger charge is 2.09. The molecular weight excluding hydrogens is 368 g/mol. The smallest absolute Gasteiger partial charge is 0.387 e. The van der Waals surface area contributed by atoms with Crippen molar-refractivity contribution in [3.8, 4) is 11.5 Å². The Morgan fingerprint density at radius 2 is 1.71 bits per heavy atom. The Bertz CT molecular complexity index is 740. The maximum atomic E-state index is 12.5. The number of ether oxygens (including phenoxy) is 3. The molecule has 0 aliphatic carbocycles. The molecule has 6 nitrogen and oxygen atoms in total. The van der Waals surface area contributed by atoms with E-state index in [-0.39, 0.29) is 5.75 Å². The van der Waals surface area contributed by atoms with Gasteiger partial charge in [-0.25, -0.2) is 0 Å². The molecule has 0 heterocycles. The van der Waals surface area contributed by atoms with Crippen molar-refractivity contribution < 1.29 is 23.0 Å². The zero-order valence-electron chi connectivity index (χ0n) is 16.0. The average Bonchev–Trinajstić information content (AvgIpc) is 2.70. The largest absolute Gasteiger partial charge is 0.491 e. The van der Waals surface area contributed by atoms with Crippen LogP contribution in [0.2, 0.25) is 0 Å². The molecule has 0 unspecified atom stereocenters. The number of para-hydroxylation sites is 1. The van der Waals surface area contributed by atoms with E-state index in [2.05, 4.69) is 20.4 Å². The first-order valence-electron chi connectivity index (χ1n) is 8.80. The summed E-state index contributed by atoms with van der Waals surface area (Å²) >= 11 is 0. The molecule has 0 saturated heterocycles. The Morgan fingerprint density at radius 3 is 2.39 bits per heavy atom. The molecule has 2 N–H and O–H groups in total. The quantitative estimate of drug-likeness (QED) is 0.369. The van der Waals surface area contributed by atoms with Crippen LogP contribution < -0.4 is 20.1 Å². The van der Waals surface area contributed by atoms with E-state index < -0.39 is 6.61 Å². The SMILES string of the molecule is CN=C(NCc1ccc(OCCOC)cc1)NCc1ccccc1OC(F)F. The summed E-state index contributed by atoms with van der Waals surface area (Å²) in [6.07, 6.45) is 0. The lowest BCUT2D eigenvalue weighted by Gasteiger charge is -2.14. The van der Waals surface area contributed by atoms with Crippen LogP contribution in [0.5, 0.6) is 11.5 Å². The van der Waals surface area contributed by atoms with Crippen LogP contribution in [0, 0.1) is 0 Å². The van der Waals surface area contributed by atoms with Crippen LogP contribution in [0.1, 0.15) is 11.1 Å². The van der Waals surface area contributed by atoms with Gasteiger partial charge in [0.25, 0.3) is 0 Å². The van der Waals surface area contributed by atoms with Crippen molar-refractivity contribution in [2.45, 2.75) is 19.7 Å². The fraction of sp³-hybridized carbons (Fsp3) is 0.350. The Balaban J connectivity index is 1.83. The van der Waals surface area contributed by atoms with Crippen LogP contribution in [0.3, 0.4) is 0 Å². The van der Waals surface area contributed by atoms with Gasteiger partial charge in [0, 0.05) is 32.8 Å². The molecule has 0 atom stereocenters. The minimum absolute atomic E-state index is 0.143. The second-order valence-corrected chi connectivity index (χ2v) is 5.75. The first-order valence-corrected chi connectivity index (χ1v) is 8.80. The number of benzene rings is 2. The van der Waals surface area contributed by atoms with Crippen molar-refractivity contribution in [3.05, 3.63) is 59.7 Å². The lowest BCUT2D eigenvalue weighted by molar-refractivity contribution is -0.0504. The summed E-state index contributed by atoms with van der Waals surface area (Å²) in [7, 11) is 3.27. The Hall–Kier alpha value is -2.87. The molecule has 28 heavy (non-hydrogen) atoms. The van der Waals surface area contributed by atoms with Crippen molar-refractivity contribution in [1.29, 1.82) is 0 Å². The van der Waals surface area contributed by atoms with Gasteiger partial charge < -0.3 is 24.8 Å². The summed E-state index contributed by atoms with van der Waals surface area (Å²) in [6.45, 7) is -0.972. The third-order valence-electron chi connectivity index (χ3n) is 3.80. The number of hydrogen-bond donors (Lipinski definition) is 2. The van der Waals surface area contributed by atoms with E-state index in [4.69, 9.17) is 9.47 Å². The molecule has 152 valence electrons. The fourth-order valence-electron chi connectivity index (χ4n) is 2.39. The number of nitrogens with zero attached hydrogens (tertiary/aromatic N) is 1. The van der Waals surface area contributed by atoms with Crippen LogP contribution in [0.15, 0.2) is 53.5 Å². The van der Waals surface area contributed by atoms with Gasteiger partial charge in [-0.1, -0.05) is 30.3 Å². The third-order valence-corrected chi connectivity index (χ3v) is 3.80. The Morgan fingerprint density at radius 1 is 1.00 bits per heavy atom. The molecule has 2 rings (SSSR count). The third kappa shape index (κ3) is 7.40. The molecule has 0 bridgehead atoms. The van der Waals surface area contributed by atoms with Gasteiger partial charge >= 0.3 is 6.61 Å². The summed E-state index contributed by atoms with van der Waals surface area (Å²) in [5, 5.41) is 6.27. The van der Waals surface area contributed by atoms with E-state index in [9.17, 15) is 8.78 Å². The molecule has 8 heteroatoms. The maximum Gasteiger partial charge on any atom is 0.387 e. The molecule has 0 aliphatic heterocycles. The van der Waals surface area contributed by atoms with Crippen LogP contribution in [0.25, 0.3) is 0 Å². The number of rotatable bonds is 10. The monoisotopic (exact) mass is 393 g/mol. The van der Waals surface area contributed by atoms with E-state index in [0.717, 1.165) is 11.3 Å². The van der Waals surface area contributed by atoms with Gasteiger partial charge in [-0.05, 0) is 23.8 Å². The zero-order valence-corrected chi connectivity index (χ0v) is 16.0. The molecular formula is C20H25F2N3O3. The first kappa shape index (κ1) is 21.4. The lowest BCUT2D eigenvalue weighted by Crippen LogP contribution is -2.36. The molecule has 2 aromatic carbocycles. The highest BCUT2D eigenvalue weighted by Crippen LogP contribution is 2.19. The Kier molecular flexibility index (Phi) is 9.00. The number of halogens is 2. The van der Waals surface area contributed by atoms with E-state index in [0.29, 0.717) is 37.8 Å². The molecule has 0 spiro atoms. The fourth-order valence-corrected chi connectivity index (χ4v) is 2.39. The number of guanidine groups is 1. The van der Waals surface area contributed by atoms with Gasteiger partial charge in [0.1, 0.15) is 18.1 Å². The average molecular weight is 393 g/mol. The van der Waals surface area contributed by atoms with Gasteiger partial charge in [0.2, 0.25) is 0 Å². The summed E-state index contributed by atoms with van der Waals surface area (Å²) in [5.41, 5.74) is 1.66. The molecule has 0 saturated carbocycles. The number of alkyl halides is 2. The second-order valence-electron chi connectivity index (χ2n) is 5.75. The number of methoxy groups -OCH3 is 1. The van der Waals surface area contributed by atoms with E-state index in [1.165, 1.54) is 6.07 Å². The normalized spacial score (nSPS) is 11.4. The van der Waals surface area contributed by atoms with E-state index >= 15 is 0 Å². The first-order chi connectivity index (χ1) is 13.6. The van der Waals surface area contributed by atoms with Crippen molar-refractivity contribution >= 4 is 5.96 Å². The Labute approximate surface area is 163 Å². The maximum absolute atomic E-state index is 12.5. The number of nitrogens with one attached hydrogen (secondary N) is 2. The van der Waals surface area contributed by atoms with Crippen LogP contribution >= 0.6 is 0 Å². The highest BCUT2D eigenvalue weighted by atomic mass is 19.3. The number of hydrogen-bond acceptors (Lipinski definition) is 4. The van der Waals surface area contributed by atoms with Crippen LogP contribution in [-0.2, 0) is 17.8 Å². The standard InChI is InChI=1S/C20H25F2N3O3/c1-23-20(25-14-16-5-3-4-6-18(16)28-19(21)22)24-13-15-7-9-17(10-8-15)27-12-11-26-2/h3-10,19H,11-14H2,1-2H3,(H2,23,24,25). The summed E-state index contributed by atoms with van der Waals surface area (Å²) in [5.74, 6) is 1.47. The van der Waals surface area contributed by atoms with Crippen molar-refractivity contribution in [3.63, 3.8) is 0 Å². The summed E-state index contributed by atoms with van der Waals surface area (Å²) < 4.78 is 40.0. The molecule has 2 aromatic rings. The molecule has 0 aromatic heterocycles. The van der Waals surface area contributed by atoms with Gasteiger partial charge in [-0.2, -0.15) is 8.78 Å². The van der Waals surface area contributed by atoms with Gasteiger partial charge in [-0.15, -0.1) is 0 Å². The zero-order chi connectivity index (χ0) is 20.2. The number of aliphatic imine (C=N–C) groups is 1. The van der Waals surface area contributed by atoms with Crippen molar-refractivity contribution in [2.24, 2.45) is 4.99 Å². The second kappa shape index (κ2) is 11.8. The highest BCUT2D eigenvalue weighted by molar-refractivity contribution is 5.79. The predicted molar refractivity (Wildman–Crippen MR) is 104 cm³/mol. The van der Waals surface area contributed by atoms with Gasteiger partial charge in [-0.3, -0.25) is 4.99 Å². The minimum Gasteiger partial charge on any atom is -0.491 e. The molecule has 0 amide bonds. The molecule has 0 fully saturated rings. The predicted octanol–water partition coefficient (Wildman–Crippen LogP) is 3.18. The summed E-state index contributed by atoms with van der Waals surface area (Å²) in [6, 6.07) is 14.3. The molecule has 0 radical (unpaired) electrons. The summed E-state index contributed by atoms with van der Waals surface area (Å²) in [4.78, 5) is 4.14. The van der Waals surface area contributed by atoms with Crippen LogP contribution in [0.4, 0.5) is 8.78 Å². The lowest BCUT2D eigenvalue weighted by atomic mass is 10.2.